The first kappa shape index (κ1) is 13.8. The summed E-state index contributed by atoms with van der Waals surface area (Å²) in [6.07, 6.45) is 3.41. The van der Waals surface area contributed by atoms with Gasteiger partial charge in [-0.15, -0.1) is 0 Å². The molecule has 2 atom stereocenters. The van der Waals surface area contributed by atoms with Crippen molar-refractivity contribution in [2.75, 3.05) is 11.9 Å². The zero-order chi connectivity index (χ0) is 13.8. The van der Waals surface area contributed by atoms with Crippen LogP contribution < -0.4 is 10.6 Å². The number of aryl methyl sites for hydroxylation is 1. The lowest BCUT2D eigenvalue weighted by atomic mass is 10.1. The fourth-order valence-corrected chi connectivity index (χ4v) is 2.63. The van der Waals surface area contributed by atoms with Gasteiger partial charge in [0.2, 0.25) is 0 Å². The van der Waals surface area contributed by atoms with E-state index >= 15 is 0 Å². The third kappa shape index (κ3) is 3.67. The quantitative estimate of drug-likeness (QED) is 0.633. The Labute approximate surface area is 113 Å². The van der Waals surface area contributed by atoms with Crippen molar-refractivity contribution in [1.82, 2.24) is 5.32 Å². The van der Waals surface area contributed by atoms with E-state index in [4.69, 9.17) is 0 Å². The van der Waals surface area contributed by atoms with Gasteiger partial charge in [-0.2, -0.15) is 0 Å². The maximum Gasteiger partial charge on any atom is 0.292 e. The molecule has 0 aromatic heterocycles. The van der Waals surface area contributed by atoms with E-state index in [0.717, 1.165) is 18.5 Å². The van der Waals surface area contributed by atoms with Crippen LogP contribution in [-0.4, -0.2) is 23.6 Å². The van der Waals surface area contributed by atoms with Gasteiger partial charge in [0.25, 0.3) is 5.69 Å². The number of rotatable bonds is 5. The van der Waals surface area contributed by atoms with E-state index in [1.807, 2.05) is 13.0 Å². The minimum absolute atomic E-state index is 0.150. The van der Waals surface area contributed by atoms with E-state index in [2.05, 4.69) is 17.6 Å². The molecule has 104 valence electrons. The lowest BCUT2D eigenvalue weighted by Crippen LogP contribution is -2.29. The number of nitro groups is 1. The van der Waals surface area contributed by atoms with Crippen molar-refractivity contribution < 1.29 is 4.92 Å². The lowest BCUT2D eigenvalue weighted by Gasteiger charge is -2.19. The van der Waals surface area contributed by atoms with Crippen molar-refractivity contribution in [2.24, 2.45) is 0 Å². The molecule has 1 aromatic rings. The molecule has 0 aliphatic carbocycles. The molecule has 0 bridgehead atoms. The van der Waals surface area contributed by atoms with Crippen LogP contribution in [0.3, 0.4) is 0 Å². The monoisotopic (exact) mass is 263 g/mol. The van der Waals surface area contributed by atoms with Crippen LogP contribution in [0.25, 0.3) is 0 Å². The van der Waals surface area contributed by atoms with Gasteiger partial charge in [-0.3, -0.25) is 10.1 Å². The van der Waals surface area contributed by atoms with Crippen LogP contribution in [0.2, 0.25) is 0 Å². The Morgan fingerprint density at radius 3 is 3.00 bits per heavy atom. The fourth-order valence-electron chi connectivity index (χ4n) is 2.63. The summed E-state index contributed by atoms with van der Waals surface area (Å²) in [6, 6.07) is 5.93. The third-order valence-electron chi connectivity index (χ3n) is 3.55. The van der Waals surface area contributed by atoms with Gasteiger partial charge in [0, 0.05) is 18.2 Å². The molecule has 2 N–H and O–H groups in total. The molecule has 2 rings (SSSR count). The summed E-state index contributed by atoms with van der Waals surface area (Å²) < 4.78 is 0. The first-order chi connectivity index (χ1) is 9.06. The van der Waals surface area contributed by atoms with E-state index in [1.165, 1.54) is 12.8 Å². The summed E-state index contributed by atoms with van der Waals surface area (Å²) in [7, 11) is 0. The maximum atomic E-state index is 11.0. The van der Waals surface area contributed by atoms with Gasteiger partial charge >= 0.3 is 0 Å². The van der Waals surface area contributed by atoms with Crippen molar-refractivity contribution in [3.8, 4) is 0 Å². The smallest absolute Gasteiger partial charge is 0.292 e. The molecule has 1 heterocycles. The summed E-state index contributed by atoms with van der Waals surface area (Å²) >= 11 is 0. The van der Waals surface area contributed by atoms with Gasteiger partial charge in [-0.1, -0.05) is 6.07 Å². The molecule has 0 radical (unpaired) electrons. The third-order valence-corrected chi connectivity index (χ3v) is 3.55. The normalized spacial score (nSPS) is 20.2. The number of nitrogens with one attached hydrogen (secondary N) is 2. The van der Waals surface area contributed by atoms with Crippen molar-refractivity contribution >= 4 is 11.4 Å². The van der Waals surface area contributed by atoms with E-state index in [-0.39, 0.29) is 16.7 Å². The zero-order valence-electron chi connectivity index (χ0n) is 11.5. The summed E-state index contributed by atoms with van der Waals surface area (Å²) in [5.41, 5.74) is 1.80. The van der Waals surface area contributed by atoms with E-state index < -0.39 is 0 Å². The molecular formula is C14H21N3O2. The van der Waals surface area contributed by atoms with Crippen molar-refractivity contribution in [3.05, 3.63) is 33.9 Å². The van der Waals surface area contributed by atoms with Crippen LogP contribution in [0.5, 0.6) is 0 Å². The van der Waals surface area contributed by atoms with Crippen LogP contribution in [0.15, 0.2) is 18.2 Å². The highest BCUT2D eigenvalue weighted by molar-refractivity contribution is 5.63. The summed E-state index contributed by atoms with van der Waals surface area (Å²) in [4.78, 5) is 10.7. The second kappa shape index (κ2) is 6.02. The summed E-state index contributed by atoms with van der Waals surface area (Å²) in [6.45, 7) is 5.10. The molecule has 1 aromatic carbocycles. The van der Waals surface area contributed by atoms with E-state index in [0.29, 0.717) is 11.7 Å². The van der Waals surface area contributed by atoms with Crippen LogP contribution >= 0.6 is 0 Å². The van der Waals surface area contributed by atoms with Crippen LogP contribution in [0, 0.1) is 17.0 Å². The largest absolute Gasteiger partial charge is 0.377 e. The van der Waals surface area contributed by atoms with Gasteiger partial charge in [-0.05, 0) is 51.3 Å². The van der Waals surface area contributed by atoms with Gasteiger partial charge in [0.1, 0.15) is 5.69 Å². The van der Waals surface area contributed by atoms with Crippen molar-refractivity contribution in [1.29, 1.82) is 0 Å². The van der Waals surface area contributed by atoms with Gasteiger partial charge in [-0.25, -0.2) is 0 Å². The molecule has 5 nitrogen and oxygen atoms in total. The van der Waals surface area contributed by atoms with E-state index in [9.17, 15) is 10.1 Å². The molecule has 1 fully saturated rings. The Balaban J connectivity index is 2.04. The number of nitro benzene ring substituents is 1. The topological polar surface area (TPSA) is 67.2 Å². The molecule has 0 amide bonds. The zero-order valence-corrected chi connectivity index (χ0v) is 11.5. The van der Waals surface area contributed by atoms with Crippen LogP contribution in [0.4, 0.5) is 11.4 Å². The number of hydrogen-bond donors (Lipinski definition) is 2. The van der Waals surface area contributed by atoms with Crippen LogP contribution in [-0.2, 0) is 0 Å². The first-order valence-corrected chi connectivity index (χ1v) is 6.81. The van der Waals surface area contributed by atoms with Gasteiger partial charge in [0.05, 0.1) is 4.92 Å². The molecule has 0 spiro atoms. The number of hydrogen-bond acceptors (Lipinski definition) is 4. The van der Waals surface area contributed by atoms with Crippen molar-refractivity contribution in [2.45, 2.75) is 45.2 Å². The van der Waals surface area contributed by atoms with Crippen molar-refractivity contribution in [3.63, 3.8) is 0 Å². The lowest BCUT2D eigenvalue weighted by molar-refractivity contribution is -0.384. The molecule has 0 saturated carbocycles. The first-order valence-electron chi connectivity index (χ1n) is 6.81. The summed E-state index contributed by atoms with van der Waals surface area (Å²) in [5.74, 6) is 0. The van der Waals surface area contributed by atoms with E-state index in [1.54, 1.807) is 12.1 Å². The molecule has 1 aliphatic rings. The molecule has 2 unspecified atom stereocenters. The maximum absolute atomic E-state index is 11.0. The Bertz CT molecular complexity index is 456. The highest BCUT2D eigenvalue weighted by Crippen LogP contribution is 2.26. The predicted octanol–water partition coefficient (Wildman–Crippen LogP) is 2.85. The highest BCUT2D eigenvalue weighted by atomic mass is 16.6. The minimum atomic E-state index is -0.331. The molecule has 5 heteroatoms. The second-order valence-electron chi connectivity index (χ2n) is 5.35. The van der Waals surface area contributed by atoms with Gasteiger partial charge < -0.3 is 10.6 Å². The van der Waals surface area contributed by atoms with Crippen LogP contribution in [0.1, 0.15) is 31.7 Å². The Kier molecular flexibility index (Phi) is 4.37. The highest BCUT2D eigenvalue weighted by Gasteiger charge is 2.19. The van der Waals surface area contributed by atoms with Gasteiger partial charge in [0.15, 0.2) is 0 Å². The average Bonchev–Trinajstić information content (AvgIpc) is 2.81. The second-order valence-corrected chi connectivity index (χ2v) is 5.35. The fraction of sp³-hybridized carbons (Fsp3) is 0.571. The minimum Gasteiger partial charge on any atom is -0.377 e. The molecular weight excluding hydrogens is 242 g/mol. The standard InChI is InChI=1S/C14H21N3O2/c1-10-5-6-14(17(18)19)13(8-10)16-11(2)9-12-4-3-7-15-12/h5-6,8,11-12,15-16H,3-4,7,9H2,1-2H3. The number of anilines is 1. The number of benzene rings is 1. The predicted molar refractivity (Wildman–Crippen MR) is 76.6 cm³/mol. The number of nitrogens with zero attached hydrogens (tertiary/aromatic N) is 1. The average molecular weight is 263 g/mol. The SMILES string of the molecule is Cc1ccc([N+](=O)[O-])c(NC(C)CC2CCCN2)c1. The molecule has 1 aliphatic heterocycles. The Morgan fingerprint density at radius 2 is 2.37 bits per heavy atom. The summed E-state index contributed by atoms with van der Waals surface area (Å²) in [5, 5.41) is 17.7. The Hall–Kier alpha value is -1.62. The molecule has 1 saturated heterocycles. The molecule has 19 heavy (non-hydrogen) atoms. The Morgan fingerprint density at radius 1 is 1.58 bits per heavy atom.